The van der Waals surface area contributed by atoms with Gasteiger partial charge < -0.3 is 14.2 Å². The number of esters is 3. The smallest absolute Gasteiger partial charge is 0.306 e. The van der Waals surface area contributed by atoms with Crippen molar-refractivity contribution in [2.24, 2.45) is 0 Å². The summed E-state index contributed by atoms with van der Waals surface area (Å²) < 4.78 is 17.0. The monoisotopic (exact) mass is 1150 g/mol. The fraction of sp³-hybridized carbons (Fsp3) is 0.855. The summed E-state index contributed by atoms with van der Waals surface area (Å²) in [6, 6.07) is 0. The van der Waals surface area contributed by atoms with Gasteiger partial charge in [0.05, 0.1) is 0 Å². The molecule has 0 aliphatic carbocycles. The minimum Gasteiger partial charge on any atom is -0.462 e. The molecule has 0 heterocycles. The average molecular weight is 1150 g/mol. The van der Waals surface area contributed by atoms with Gasteiger partial charge in [0, 0.05) is 19.3 Å². The molecule has 480 valence electrons. The van der Waals surface area contributed by atoms with Crippen molar-refractivity contribution >= 4 is 17.9 Å². The first-order valence-corrected chi connectivity index (χ1v) is 36.6. The molecule has 0 spiro atoms. The largest absolute Gasteiger partial charge is 0.462 e. The van der Waals surface area contributed by atoms with Gasteiger partial charge in [-0.05, 0) is 83.5 Å². The fourth-order valence-corrected chi connectivity index (χ4v) is 11.0. The third-order valence-electron chi connectivity index (χ3n) is 16.6. The van der Waals surface area contributed by atoms with Gasteiger partial charge in [-0.25, -0.2) is 0 Å². The molecular formula is C76H140O6. The van der Waals surface area contributed by atoms with Crippen molar-refractivity contribution in [3.05, 3.63) is 48.6 Å². The van der Waals surface area contributed by atoms with Crippen LogP contribution in [0.25, 0.3) is 0 Å². The van der Waals surface area contributed by atoms with Crippen molar-refractivity contribution in [3.8, 4) is 0 Å². The van der Waals surface area contributed by atoms with E-state index >= 15 is 0 Å². The van der Waals surface area contributed by atoms with Crippen LogP contribution in [0.1, 0.15) is 400 Å². The molecule has 0 aromatic heterocycles. The number of rotatable bonds is 68. The fourth-order valence-electron chi connectivity index (χ4n) is 11.0. The summed E-state index contributed by atoms with van der Waals surface area (Å²) in [5.41, 5.74) is 0. The molecule has 0 aromatic rings. The first-order valence-electron chi connectivity index (χ1n) is 36.6. The van der Waals surface area contributed by atoms with Crippen molar-refractivity contribution in [1.29, 1.82) is 0 Å². The number of hydrogen-bond donors (Lipinski definition) is 0. The highest BCUT2D eigenvalue weighted by Crippen LogP contribution is 2.18. The maximum Gasteiger partial charge on any atom is 0.306 e. The SMILES string of the molecule is CCCCCCC/C=C\C/C=C\C/C=C\CCCCCCCCCCCCCCC(=O)OCC(COC(=O)CCCCCCCCC/C=C\CCCCCCCCC)OC(=O)CCCCCCCCCCCCCCCCCCCCC. The lowest BCUT2D eigenvalue weighted by molar-refractivity contribution is -0.167. The first kappa shape index (κ1) is 79.4. The van der Waals surface area contributed by atoms with Gasteiger partial charge in [-0.15, -0.1) is 0 Å². The Hall–Kier alpha value is -2.63. The van der Waals surface area contributed by atoms with E-state index < -0.39 is 6.10 Å². The highest BCUT2D eigenvalue weighted by Gasteiger charge is 2.19. The van der Waals surface area contributed by atoms with Gasteiger partial charge in [0.1, 0.15) is 13.2 Å². The van der Waals surface area contributed by atoms with Gasteiger partial charge in [-0.3, -0.25) is 14.4 Å². The maximum absolute atomic E-state index is 13.0. The number of ether oxygens (including phenoxy) is 3. The Kier molecular flexibility index (Phi) is 68.6. The number of unbranched alkanes of at least 4 members (excludes halogenated alkanes) is 49. The van der Waals surface area contributed by atoms with E-state index in [0.717, 1.165) is 70.6 Å². The molecule has 0 N–H and O–H groups in total. The first-order chi connectivity index (χ1) is 40.5. The van der Waals surface area contributed by atoms with E-state index in [1.54, 1.807) is 0 Å². The second-order valence-corrected chi connectivity index (χ2v) is 24.9. The Morgan fingerprint density at radius 3 is 0.695 bits per heavy atom. The van der Waals surface area contributed by atoms with E-state index in [9.17, 15) is 14.4 Å². The van der Waals surface area contributed by atoms with E-state index in [0.29, 0.717) is 19.3 Å². The average Bonchev–Trinajstić information content (AvgIpc) is 3.47. The lowest BCUT2D eigenvalue weighted by Gasteiger charge is -2.18. The summed E-state index contributed by atoms with van der Waals surface area (Å²) in [5.74, 6) is -0.847. The zero-order chi connectivity index (χ0) is 59.2. The second-order valence-electron chi connectivity index (χ2n) is 24.9. The zero-order valence-electron chi connectivity index (χ0n) is 55.3. The van der Waals surface area contributed by atoms with Crippen LogP contribution < -0.4 is 0 Å². The highest BCUT2D eigenvalue weighted by molar-refractivity contribution is 5.71. The van der Waals surface area contributed by atoms with Gasteiger partial charge >= 0.3 is 17.9 Å². The maximum atomic E-state index is 13.0. The van der Waals surface area contributed by atoms with E-state index in [2.05, 4.69) is 69.4 Å². The van der Waals surface area contributed by atoms with Crippen LogP contribution in [0.15, 0.2) is 48.6 Å². The van der Waals surface area contributed by atoms with Crippen molar-refractivity contribution in [3.63, 3.8) is 0 Å². The Balaban J connectivity index is 4.29. The van der Waals surface area contributed by atoms with E-state index in [-0.39, 0.29) is 31.1 Å². The van der Waals surface area contributed by atoms with Crippen LogP contribution in [-0.4, -0.2) is 37.2 Å². The molecule has 82 heavy (non-hydrogen) atoms. The molecule has 0 saturated carbocycles. The number of hydrogen-bond acceptors (Lipinski definition) is 6. The lowest BCUT2D eigenvalue weighted by Crippen LogP contribution is -2.30. The van der Waals surface area contributed by atoms with Crippen LogP contribution in [0.2, 0.25) is 0 Å². The zero-order valence-corrected chi connectivity index (χ0v) is 55.3. The molecule has 0 aromatic carbocycles. The number of carbonyl (C=O) groups excluding carboxylic acids is 3. The molecule has 1 unspecified atom stereocenters. The van der Waals surface area contributed by atoms with Crippen LogP contribution in [0, 0.1) is 0 Å². The Morgan fingerprint density at radius 1 is 0.244 bits per heavy atom. The molecule has 0 radical (unpaired) electrons. The van der Waals surface area contributed by atoms with Crippen LogP contribution in [0.4, 0.5) is 0 Å². The summed E-state index contributed by atoms with van der Waals surface area (Å²) in [7, 11) is 0. The van der Waals surface area contributed by atoms with Crippen molar-refractivity contribution in [2.75, 3.05) is 13.2 Å². The molecule has 0 fully saturated rings. The Labute approximate surface area is 511 Å². The summed E-state index contributed by atoms with van der Waals surface area (Å²) in [4.78, 5) is 38.5. The summed E-state index contributed by atoms with van der Waals surface area (Å²) in [6.07, 6.45) is 89.9. The quantitative estimate of drug-likeness (QED) is 0.0261. The minimum absolute atomic E-state index is 0.0707. The summed E-state index contributed by atoms with van der Waals surface area (Å²) in [5, 5.41) is 0. The summed E-state index contributed by atoms with van der Waals surface area (Å²) >= 11 is 0. The van der Waals surface area contributed by atoms with Gasteiger partial charge in [-0.1, -0.05) is 345 Å². The molecule has 0 saturated heterocycles. The molecule has 0 amide bonds. The van der Waals surface area contributed by atoms with Crippen LogP contribution in [0.5, 0.6) is 0 Å². The van der Waals surface area contributed by atoms with Gasteiger partial charge in [0.25, 0.3) is 0 Å². The molecule has 0 bridgehead atoms. The molecule has 1 atom stereocenters. The Bertz CT molecular complexity index is 1410. The second kappa shape index (κ2) is 70.9. The van der Waals surface area contributed by atoms with Crippen LogP contribution in [0.3, 0.4) is 0 Å². The van der Waals surface area contributed by atoms with Crippen molar-refractivity contribution < 1.29 is 28.6 Å². The summed E-state index contributed by atoms with van der Waals surface area (Å²) in [6.45, 7) is 6.70. The standard InChI is InChI=1S/C76H140O6/c1-4-7-10-13-16-19-22-25-28-31-34-35-36-37-38-39-40-41-43-45-48-51-54-57-60-63-66-69-75(78)81-72-73(71-80-74(77)68-65-62-59-56-53-50-47-44-33-30-27-24-21-18-15-12-9-6-3)82-76(79)70-67-64-61-58-55-52-49-46-42-32-29-26-23-20-17-14-11-8-5-2/h22,25,30-31,33-34,36-37,73H,4-21,23-24,26-29,32,35,38-72H2,1-3H3/b25-22-,33-30-,34-31-,37-36-. The van der Waals surface area contributed by atoms with Gasteiger partial charge in [-0.2, -0.15) is 0 Å². The Morgan fingerprint density at radius 2 is 0.439 bits per heavy atom. The minimum atomic E-state index is -0.775. The predicted octanol–water partition coefficient (Wildman–Crippen LogP) is 25.3. The van der Waals surface area contributed by atoms with Crippen molar-refractivity contribution in [2.45, 2.75) is 406 Å². The van der Waals surface area contributed by atoms with Gasteiger partial charge in [0.15, 0.2) is 6.10 Å². The normalized spacial score (nSPS) is 12.3. The van der Waals surface area contributed by atoms with E-state index in [1.165, 1.54) is 289 Å². The molecule has 0 rings (SSSR count). The van der Waals surface area contributed by atoms with Crippen molar-refractivity contribution in [1.82, 2.24) is 0 Å². The lowest BCUT2D eigenvalue weighted by atomic mass is 10.0. The highest BCUT2D eigenvalue weighted by atomic mass is 16.6. The third kappa shape index (κ3) is 68.2. The van der Waals surface area contributed by atoms with E-state index in [1.807, 2.05) is 0 Å². The molecule has 6 heteroatoms. The molecular weight excluding hydrogens is 1010 g/mol. The van der Waals surface area contributed by atoms with Crippen LogP contribution in [-0.2, 0) is 28.6 Å². The van der Waals surface area contributed by atoms with E-state index in [4.69, 9.17) is 14.2 Å². The number of allylic oxidation sites excluding steroid dienone is 8. The molecule has 6 nitrogen and oxygen atoms in total. The van der Waals surface area contributed by atoms with Gasteiger partial charge in [0.2, 0.25) is 0 Å². The topological polar surface area (TPSA) is 78.9 Å². The molecule has 0 aliphatic heterocycles. The molecule has 0 aliphatic rings. The van der Waals surface area contributed by atoms with Crippen LogP contribution >= 0.6 is 0 Å². The third-order valence-corrected chi connectivity index (χ3v) is 16.6. The predicted molar refractivity (Wildman–Crippen MR) is 358 cm³/mol. The number of carbonyl (C=O) groups is 3.